The highest BCUT2D eigenvalue weighted by atomic mass is 35.5. The molecule has 0 aromatic carbocycles. The van der Waals surface area contributed by atoms with Crippen molar-refractivity contribution in [3.63, 3.8) is 0 Å². The number of nitrogens with one attached hydrogen (secondary N) is 1. The van der Waals surface area contributed by atoms with Crippen LogP contribution in [0.5, 0.6) is 0 Å². The third kappa shape index (κ3) is 4.21. The van der Waals surface area contributed by atoms with Gasteiger partial charge in [0, 0.05) is 13.0 Å². The van der Waals surface area contributed by atoms with Gasteiger partial charge in [0.1, 0.15) is 0 Å². The third-order valence-corrected chi connectivity index (χ3v) is 5.43. The quantitative estimate of drug-likeness (QED) is 0.915. The summed E-state index contributed by atoms with van der Waals surface area (Å²) in [4.78, 5) is 14.6. The number of rotatable bonds is 4. The Morgan fingerprint density at radius 3 is 2.86 bits per heavy atom. The molecule has 21 heavy (non-hydrogen) atoms. The Labute approximate surface area is 137 Å². The number of carbonyl (C=O) groups is 1. The minimum absolute atomic E-state index is 0. The van der Waals surface area contributed by atoms with Crippen LogP contribution in [0.2, 0.25) is 0 Å². The van der Waals surface area contributed by atoms with Crippen molar-refractivity contribution < 1.29 is 4.79 Å². The van der Waals surface area contributed by atoms with Crippen molar-refractivity contribution in [1.29, 1.82) is 0 Å². The van der Waals surface area contributed by atoms with Gasteiger partial charge in [-0.1, -0.05) is 0 Å². The molecule has 0 spiro atoms. The largest absolute Gasteiger partial charge is 0.336 e. The Kier molecular flexibility index (Phi) is 6.52. The molecule has 1 amide bonds. The fourth-order valence-electron chi connectivity index (χ4n) is 3.52. The van der Waals surface area contributed by atoms with E-state index in [0.717, 1.165) is 51.2 Å². The molecule has 1 unspecified atom stereocenters. The lowest BCUT2D eigenvalue weighted by Crippen LogP contribution is -2.32. The second-order valence-corrected chi connectivity index (χ2v) is 6.81. The number of likely N-dealkylation sites (tertiary alicyclic amines) is 1. The predicted octanol–water partition coefficient (Wildman–Crippen LogP) is 3.61. The lowest BCUT2D eigenvalue weighted by molar-refractivity contribution is -0.132. The summed E-state index contributed by atoms with van der Waals surface area (Å²) in [7, 11) is 0. The summed E-state index contributed by atoms with van der Waals surface area (Å²) in [5.74, 6) is 1.12. The van der Waals surface area contributed by atoms with Gasteiger partial charge in [-0.2, -0.15) is 11.3 Å². The molecule has 3 heterocycles. The zero-order chi connectivity index (χ0) is 13.8. The number of carbonyl (C=O) groups excluding carboxylic acids is 1. The van der Waals surface area contributed by atoms with E-state index in [1.165, 1.54) is 18.4 Å². The summed E-state index contributed by atoms with van der Waals surface area (Å²) < 4.78 is 0. The van der Waals surface area contributed by atoms with Crippen LogP contribution in [0, 0.1) is 5.92 Å². The number of halogens is 1. The Bertz CT molecular complexity index is 431. The highest BCUT2D eigenvalue weighted by molar-refractivity contribution is 7.07. The molecule has 0 saturated carbocycles. The van der Waals surface area contributed by atoms with Crippen LogP contribution in [0.3, 0.4) is 0 Å². The first-order valence-electron chi connectivity index (χ1n) is 7.87. The van der Waals surface area contributed by atoms with Crippen LogP contribution in [0.25, 0.3) is 0 Å². The maximum atomic E-state index is 12.5. The van der Waals surface area contributed by atoms with E-state index in [1.807, 2.05) is 0 Å². The number of nitrogens with zero attached hydrogens (tertiary/aromatic N) is 1. The standard InChI is InChI=1S/C16H24N2OS.ClH/c19-16(4-3-13-5-8-17-9-6-13)18-10-1-2-15(18)14-7-11-20-12-14;/h7,11-13,15,17H,1-6,8-10H2;1H. The van der Waals surface area contributed by atoms with Gasteiger partial charge in [0.2, 0.25) is 5.91 Å². The van der Waals surface area contributed by atoms with E-state index in [9.17, 15) is 4.79 Å². The zero-order valence-electron chi connectivity index (χ0n) is 12.4. The summed E-state index contributed by atoms with van der Waals surface area (Å²) in [6.07, 6.45) is 6.58. The molecule has 0 radical (unpaired) electrons. The molecule has 1 aromatic heterocycles. The first-order chi connectivity index (χ1) is 9.84. The van der Waals surface area contributed by atoms with Gasteiger partial charge in [-0.05, 0) is 73.5 Å². The van der Waals surface area contributed by atoms with Gasteiger partial charge in [0.05, 0.1) is 6.04 Å². The number of hydrogen-bond donors (Lipinski definition) is 1. The number of amides is 1. The summed E-state index contributed by atoms with van der Waals surface area (Å²) in [6.45, 7) is 3.20. The number of hydrogen-bond acceptors (Lipinski definition) is 3. The minimum atomic E-state index is 0. The van der Waals surface area contributed by atoms with Crippen molar-refractivity contribution in [2.24, 2.45) is 5.92 Å². The lowest BCUT2D eigenvalue weighted by atomic mass is 9.93. The van der Waals surface area contributed by atoms with Crippen LogP contribution in [0.4, 0.5) is 0 Å². The Morgan fingerprint density at radius 1 is 1.33 bits per heavy atom. The fraction of sp³-hybridized carbons (Fsp3) is 0.688. The fourth-order valence-corrected chi connectivity index (χ4v) is 4.23. The van der Waals surface area contributed by atoms with Crippen molar-refractivity contribution in [2.75, 3.05) is 19.6 Å². The van der Waals surface area contributed by atoms with Gasteiger partial charge in [0.15, 0.2) is 0 Å². The molecule has 2 aliphatic rings. The van der Waals surface area contributed by atoms with Gasteiger partial charge in [0.25, 0.3) is 0 Å². The van der Waals surface area contributed by atoms with Crippen LogP contribution in [0.1, 0.15) is 50.1 Å². The van der Waals surface area contributed by atoms with Gasteiger partial charge < -0.3 is 10.2 Å². The smallest absolute Gasteiger partial charge is 0.223 e. The molecular formula is C16H25ClN2OS. The van der Waals surface area contributed by atoms with Crippen LogP contribution < -0.4 is 5.32 Å². The van der Waals surface area contributed by atoms with Crippen LogP contribution in [-0.4, -0.2) is 30.4 Å². The number of thiophene rings is 1. The lowest BCUT2D eigenvalue weighted by Gasteiger charge is -2.26. The normalized spacial score (nSPS) is 23.0. The van der Waals surface area contributed by atoms with Crippen molar-refractivity contribution in [3.8, 4) is 0 Å². The Morgan fingerprint density at radius 2 is 2.14 bits per heavy atom. The van der Waals surface area contributed by atoms with E-state index in [4.69, 9.17) is 0 Å². The second kappa shape index (κ2) is 8.16. The third-order valence-electron chi connectivity index (χ3n) is 4.73. The highest BCUT2D eigenvalue weighted by Gasteiger charge is 2.30. The van der Waals surface area contributed by atoms with Crippen molar-refractivity contribution in [1.82, 2.24) is 10.2 Å². The van der Waals surface area contributed by atoms with Crippen LogP contribution >= 0.6 is 23.7 Å². The van der Waals surface area contributed by atoms with Gasteiger partial charge >= 0.3 is 0 Å². The Balaban J connectivity index is 0.00000161. The molecule has 2 fully saturated rings. The number of piperidine rings is 1. The van der Waals surface area contributed by atoms with E-state index < -0.39 is 0 Å². The molecule has 1 N–H and O–H groups in total. The average Bonchev–Trinajstić information content (AvgIpc) is 3.15. The summed E-state index contributed by atoms with van der Waals surface area (Å²) in [5, 5.41) is 7.70. The van der Waals surface area contributed by atoms with E-state index in [0.29, 0.717) is 11.9 Å². The van der Waals surface area contributed by atoms with Gasteiger partial charge in [-0.15, -0.1) is 12.4 Å². The minimum Gasteiger partial charge on any atom is -0.336 e. The van der Waals surface area contributed by atoms with Crippen LogP contribution in [0.15, 0.2) is 16.8 Å². The Hall–Kier alpha value is -0.580. The molecule has 1 atom stereocenters. The van der Waals surface area contributed by atoms with Crippen molar-refractivity contribution in [2.45, 2.75) is 44.6 Å². The monoisotopic (exact) mass is 328 g/mol. The predicted molar refractivity (Wildman–Crippen MR) is 90.1 cm³/mol. The van der Waals surface area contributed by atoms with Gasteiger partial charge in [-0.25, -0.2) is 0 Å². The molecule has 1 aromatic rings. The maximum absolute atomic E-state index is 12.5. The van der Waals surface area contributed by atoms with E-state index in [-0.39, 0.29) is 12.4 Å². The summed E-state index contributed by atoms with van der Waals surface area (Å²) >= 11 is 1.73. The first kappa shape index (κ1) is 16.8. The van der Waals surface area contributed by atoms with Crippen molar-refractivity contribution >= 4 is 29.7 Å². The molecule has 3 nitrogen and oxygen atoms in total. The molecule has 3 rings (SSSR count). The molecule has 0 bridgehead atoms. The van der Waals surface area contributed by atoms with Gasteiger partial charge in [-0.3, -0.25) is 4.79 Å². The molecule has 2 aliphatic heterocycles. The topological polar surface area (TPSA) is 32.3 Å². The van der Waals surface area contributed by atoms with Crippen LogP contribution in [-0.2, 0) is 4.79 Å². The second-order valence-electron chi connectivity index (χ2n) is 6.03. The first-order valence-corrected chi connectivity index (χ1v) is 8.81. The average molecular weight is 329 g/mol. The van der Waals surface area contributed by atoms with E-state index in [2.05, 4.69) is 27.0 Å². The summed E-state index contributed by atoms with van der Waals surface area (Å²) in [6, 6.07) is 2.52. The zero-order valence-corrected chi connectivity index (χ0v) is 14.1. The molecule has 2 saturated heterocycles. The maximum Gasteiger partial charge on any atom is 0.223 e. The highest BCUT2D eigenvalue weighted by Crippen LogP contribution is 2.34. The molecule has 0 aliphatic carbocycles. The summed E-state index contributed by atoms with van der Waals surface area (Å²) in [5.41, 5.74) is 1.34. The van der Waals surface area contributed by atoms with E-state index >= 15 is 0 Å². The van der Waals surface area contributed by atoms with E-state index in [1.54, 1.807) is 11.3 Å². The molecule has 5 heteroatoms. The SMILES string of the molecule is Cl.O=C(CCC1CCNCC1)N1CCCC1c1ccsc1. The molecular weight excluding hydrogens is 304 g/mol. The molecule has 118 valence electrons. The van der Waals surface area contributed by atoms with Crippen molar-refractivity contribution in [3.05, 3.63) is 22.4 Å².